The summed E-state index contributed by atoms with van der Waals surface area (Å²) in [7, 11) is 1.79. The minimum Gasteiger partial charge on any atom is -0.370 e. The van der Waals surface area contributed by atoms with Crippen LogP contribution in [0.25, 0.3) is 11.2 Å². The first-order valence-electron chi connectivity index (χ1n) is 6.62. The summed E-state index contributed by atoms with van der Waals surface area (Å²) in [5.74, 6) is 0. The Bertz CT molecular complexity index is 670. The van der Waals surface area contributed by atoms with Crippen molar-refractivity contribution in [1.82, 2.24) is 19.3 Å². The average molecular weight is 322 g/mol. The van der Waals surface area contributed by atoms with Crippen molar-refractivity contribution in [3.8, 4) is 0 Å². The van der Waals surface area contributed by atoms with E-state index in [1.165, 1.54) is 0 Å². The van der Waals surface area contributed by atoms with E-state index in [0.29, 0.717) is 4.77 Å². The van der Waals surface area contributed by atoms with E-state index in [9.17, 15) is 13.2 Å². The van der Waals surface area contributed by atoms with Gasteiger partial charge in [-0.3, -0.25) is 9.25 Å². The van der Waals surface area contributed by atoms with Crippen molar-refractivity contribution in [3.63, 3.8) is 0 Å². The van der Waals surface area contributed by atoms with Gasteiger partial charge in [0.15, 0.2) is 10.4 Å². The second kappa shape index (κ2) is 6.18. The van der Waals surface area contributed by atoms with E-state index in [0.717, 1.165) is 29.7 Å². The van der Waals surface area contributed by atoms with Crippen LogP contribution in [0.15, 0.2) is 0 Å². The molecule has 0 unspecified atom stereocenters. The topological polar surface area (TPSA) is 47.8 Å². The fourth-order valence-electron chi connectivity index (χ4n) is 2.24. The zero-order valence-electron chi connectivity index (χ0n) is 11.8. The van der Waals surface area contributed by atoms with Crippen molar-refractivity contribution >= 4 is 23.4 Å². The van der Waals surface area contributed by atoms with Gasteiger partial charge in [-0.2, -0.15) is 18.3 Å². The number of ether oxygens (including phenoxy) is 1. The van der Waals surface area contributed by atoms with Crippen LogP contribution in [-0.4, -0.2) is 38.7 Å². The molecule has 0 aliphatic heterocycles. The highest BCUT2D eigenvalue weighted by atomic mass is 32.1. The number of rotatable bonds is 6. The Kier molecular flexibility index (Phi) is 4.72. The lowest BCUT2D eigenvalue weighted by Crippen LogP contribution is -2.19. The normalized spacial score (nSPS) is 12.4. The van der Waals surface area contributed by atoms with E-state index >= 15 is 0 Å². The highest BCUT2D eigenvalue weighted by Gasteiger charge is 2.27. The van der Waals surface area contributed by atoms with E-state index in [2.05, 4.69) is 21.7 Å². The van der Waals surface area contributed by atoms with Gasteiger partial charge in [0.05, 0.1) is 18.8 Å². The van der Waals surface area contributed by atoms with Gasteiger partial charge in [-0.15, -0.1) is 0 Å². The molecule has 9 heteroatoms. The summed E-state index contributed by atoms with van der Waals surface area (Å²) in [5, 5.41) is 4.41. The predicted molar refractivity (Wildman–Crippen MR) is 74.8 cm³/mol. The molecule has 0 amide bonds. The third kappa shape index (κ3) is 3.65. The first kappa shape index (κ1) is 16.0. The molecule has 2 aromatic rings. The van der Waals surface area contributed by atoms with Crippen LogP contribution < -0.4 is 0 Å². The Balaban J connectivity index is 2.16. The van der Waals surface area contributed by atoms with E-state index < -0.39 is 12.8 Å². The van der Waals surface area contributed by atoms with Crippen LogP contribution in [0.1, 0.15) is 19.0 Å². The second-order valence-electron chi connectivity index (χ2n) is 4.77. The number of fused-ring (bicyclic) bond motifs is 1. The molecule has 0 spiro atoms. The highest BCUT2D eigenvalue weighted by molar-refractivity contribution is 7.71. The molecule has 118 valence electrons. The largest absolute Gasteiger partial charge is 0.411 e. The summed E-state index contributed by atoms with van der Waals surface area (Å²) in [6.07, 6.45) is -2.54. The number of imidazole rings is 1. The van der Waals surface area contributed by atoms with Gasteiger partial charge in [-0.05, 0) is 18.6 Å². The molecule has 1 N–H and O–H groups in total. The molecule has 2 aromatic heterocycles. The number of hydrogen-bond acceptors (Lipinski definition) is 3. The molecule has 0 bridgehead atoms. The number of alkyl halides is 3. The molecule has 2 heterocycles. The van der Waals surface area contributed by atoms with Crippen molar-refractivity contribution in [2.24, 2.45) is 7.05 Å². The summed E-state index contributed by atoms with van der Waals surface area (Å²) in [6.45, 7) is 0.993. The minimum absolute atomic E-state index is 0.0605. The first-order valence-corrected chi connectivity index (χ1v) is 7.03. The molecule has 0 aliphatic carbocycles. The third-order valence-corrected chi connectivity index (χ3v) is 3.36. The van der Waals surface area contributed by atoms with Gasteiger partial charge in [0.25, 0.3) is 0 Å². The Labute approximate surface area is 124 Å². The van der Waals surface area contributed by atoms with Crippen LogP contribution in [0.4, 0.5) is 13.2 Å². The fraction of sp³-hybridized carbons (Fsp3) is 0.667. The lowest BCUT2D eigenvalue weighted by molar-refractivity contribution is -0.174. The van der Waals surface area contributed by atoms with Gasteiger partial charge < -0.3 is 9.72 Å². The maximum absolute atomic E-state index is 12.0. The first-order chi connectivity index (χ1) is 9.83. The van der Waals surface area contributed by atoms with E-state index in [4.69, 9.17) is 12.2 Å². The van der Waals surface area contributed by atoms with E-state index in [1.54, 1.807) is 16.3 Å². The van der Waals surface area contributed by atoms with Crippen LogP contribution in [0.5, 0.6) is 0 Å². The van der Waals surface area contributed by atoms with Crippen LogP contribution in [0.3, 0.4) is 0 Å². The molecule has 0 aromatic carbocycles. The molecule has 0 saturated heterocycles. The molecule has 21 heavy (non-hydrogen) atoms. The predicted octanol–water partition coefficient (Wildman–Crippen LogP) is 2.96. The van der Waals surface area contributed by atoms with Gasteiger partial charge in [0.2, 0.25) is 0 Å². The van der Waals surface area contributed by atoms with Crippen LogP contribution in [0.2, 0.25) is 0 Å². The number of hydrogen-bond donors (Lipinski definition) is 1. The van der Waals surface area contributed by atoms with Crippen molar-refractivity contribution in [2.45, 2.75) is 32.5 Å². The smallest absolute Gasteiger partial charge is 0.370 e. The Morgan fingerprint density at radius 2 is 2.10 bits per heavy atom. The maximum Gasteiger partial charge on any atom is 0.411 e. The van der Waals surface area contributed by atoms with Crippen molar-refractivity contribution in [3.05, 3.63) is 10.5 Å². The molecule has 0 fully saturated rings. The summed E-state index contributed by atoms with van der Waals surface area (Å²) in [4.78, 5) is 3.08. The average Bonchev–Trinajstić information content (AvgIpc) is 2.84. The molecule has 0 radical (unpaired) electrons. The van der Waals surface area contributed by atoms with E-state index in [-0.39, 0.29) is 13.2 Å². The second-order valence-corrected chi connectivity index (χ2v) is 5.16. The Hall–Kier alpha value is -1.35. The maximum atomic E-state index is 12.0. The van der Waals surface area contributed by atoms with Crippen molar-refractivity contribution in [2.75, 3.05) is 13.2 Å². The Morgan fingerprint density at radius 1 is 1.38 bits per heavy atom. The number of aryl methyl sites for hydroxylation is 2. The van der Waals surface area contributed by atoms with Gasteiger partial charge >= 0.3 is 6.18 Å². The zero-order valence-corrected chi connectivity index (χ0v) is 12.6. The molecule has 0 aliphatic rings. The van der Waals surface area contributed by atoms with Crippen molar-refractivity contribution in [1.29, 1.82) is 0 Å². The number of H-pyrrole nitrogens is 1. The lowest BCUT2D eigenvalue weighted by Gasteiger charge is -2.08. The molecule has 2 rings (SSSR count). The number of halogens is 3. The zero-order chi connectivity index (χ0) is 15.6. The third-order valence-electron chi connectivity index (χ3n) is 3.03. The van der Waals surface area contributed by atoms with Gasteiger partial charge in [0.1, 0.15) is 12.1 Å². The number of aromatic amines is 1. The van der Waals surface area contributed by atoms with Crippen LogP contribution in [0, 0.1) is 4.77 Å². The van der Waals surface area contributed by atoms with Gasteiger partial charge in [-0.1, -0.05) is 13.3 Å². The summed E-state index contributed by atoms with van der Waals surface area (Å²) >= 11 is 5.22. The molecule has 5 nitrogen and oxygen atoms in total. The summed E-state index contributed by atoms with van der Waals surface area (Å²) < 4.78 is 44.6. The molecular formula is C12H17F3N4OS. The summed E-state index contributed by atoms with van der Waals surface area (Å²) in [5.41, 5.74) is 2.54. The quantitative estimate of drug-likeness (QED) is 0.657. The monoisotopic (exact) mass is 322 g/mol. The minimum atomic E-state index is -4.31. The molecule has 0 saturated carbocycles. The van der Waals surface area contributed by atoms with Crippen LogP contribution in [-0.2, 0) is 24.8 Å². The van der Waals surface area contributed by atoms with Crippen LogP contribution >= 0.6 is 12.2 Å². The van der Waals surface area contributed by atoms with Crippen molar-refractivity contribution < 1.29 is 17.9 Å². The van der Waals surface area contributed by atoms with Gasteiger partial charge in [0, 0.05) is 7.05 Å². The molecular weight excluding hydrogens is 305 g/mol. The SMILES string of the molecule is CCCc1nn(C)c2c1[nH]c(=S)n2CCOCC(F)(F)F. The number of aromatic nitrogens is 4. The summed E-state index contributed by atoms with van der Waals surface area (Å²) in [6, 6.07) is 0. The highest BCUT2D eigenvalue weighted by Crippen LogP contribution is 2.19. The lowest BCUT2D eigenvalue weighted by atomic mass is 10.2. The number of nitrogens with zero attached hydrogens (tertiary/aromatic N) is 3. The standard InChI is InChI=1S/C12H17F3N4OS/c1-3-4-8-9-10(18(2)17-8)19(11(21)16-9)5-6-20-7-12(13,14)15/h3-7H2,1-2H3,(H,16,21). The molecule has 0 atom stereocenters. The number of nitrogens with one attached hydrogen (secondary N) is 1. The van der Waals surface area contributed by atoms with Gasteiger partial charge in [-0.25, -0.2) is 0 Å². The Morgan fingerprint density at radius 3 is 2.71 bits per heavy atom. The van der Waals surface area contributed by atoms with E-state index in [1.807, 2.05) is 0 Å². The fourth-order valence-corrected chi connectivity index (χ4v) is 2.52.